The summed E-state index contributed by atoms with van der Waals surface area (Å²) in [7, 11) is 3.42. The Balaban J connectivity index is 1.21. The van der Waals surface area contributed by atoms with Gasteiger partial charge in [-0.25, -0.2) is 0 Å². The third-order valence-electron chi connectivity index (χ3n) is 7.04. The van der Waals surface area contributed by atoms with Gasteiger partial charge in [-0.1, -0.05) is 0 Å². The van der Waals surface area contributed by atoms with E-state index < -0.39 is 0 Å². The van der Waals surface area contributed by atoms with Crippen LogP contribution < -0.4 is 15.0 Å². The molecule has 196 valence electrons. The minimum absolute atomic E-state index is 0.0190. The first-order valence-corrected chi connectivity index (χ1v) is 12.9. The van der Waals surface area contributed by atoms with Crippen LogP contribution >= 0.6 is 0 Å². The molecule has 2 amide bonds. The fourth-order valence-electron chi connectivity index (χ4n) is 4.86. The molecule has 1 saturated heterocycles. The summed E-state index contributed by atoms with van der Waals surface area (Å²) in [4.78, 5) is 38.2. The van der Waals surface area contributed by atoms with E-state index in [2.05, 4.69) is 15.2 Å². The van der Waals surface area contributed by atoms with Crippen molar-refractivity contribution in [3.05, 3.63) is 48.4 Å². The molecule has 0 bridgehead atoms. The maximum Gasteiger partial charge on any atom is 0.268 e. The fourth-order valence-corrected chi connectivity index (χ4v) is 4.86. The number of carbonyl (C=O) groups is 2. The number of morpholine rings is 1. The number of anilines is 1. The second-order valence-electron chi connectivity index (χ2n) is 9.83. The molecule has 0 atom stereocenters. The lowest BCUT2D eigenvalue weighted by Gasteiger charge is -2.31. The Morgan fingerprint density at radius 2 is 1.92 bits per heavy atom. The van der Waals surface area contributed by atoms with Crippen LogP contribution in [0.5, 0.6) is 5.88 Å². The Bertz CT molecular complexity index is 1240. The number of carbonyl (C=O) groups excluding carboxylic acids is 2. The van der Waals surface area contributed by atoms with Gasteiger partial charge in [0.15, 0.2) is 0 Å². The molecular weight excluding hydrogens is 472 g/mol. The summed E-state index contributed by atoms with van der Waals surface area (Å²) in [5.74, 6) is 1.26. The molecule has 1 N–H and O–H groups in total. The molecule has 10 heteroatoms. The molecule has 4 heterocycles. The van der Waals surface area contributed by atoms with Crippen LogP contribution in [0.25, 0.3) is 10.9 Å². The number of likely N-dealkylation sites (N-methyl/N-ethyl adjacent to an activating group) is 1. The highest BCUT2D eigenvalue weighted by atomic mass is 16.5. The monoisotopic (exact) mass is 506 g/mol. The second kappa shape index (κ2) is 11.2. The van der Waals surface area contributed by atoms with Gasteiger partial charge in [0.05, 0.1) is 24.1 Å². The standard InChI is InChI=1S/C27H34N6O4/c1-31(2)25(34)18-33-12-4-6-23(33)26(35)29-19-7-9-20(10-8-19)37-27-21-5-3-11-28-22(21)17-24(30-27)32-13-15-36-16-14-32/h3-6,11-12,17,19-20H,7-10,13-16,18H2,1-2H3,(H,29,35)/t19-,20+. The smallest absolute Gasteiger partial charge is 0.268 e. The minimum atomic E-state index is -0.155. The molecule has 37 heavy (non-hydrogen) atoms. The summed E-state index contributed by atoms with van der Waals surface area (Å²) in [6, 6.07) is 9.52. The summed E-state index contributed by atoms with van der Waals surface area (Å²) >= 11 is 0. The van der Waals surface area contributed by atoms with Crippen LogP contribution in [0.15, 0.2) is 42.7 Å². The number of ether oxygens (including phenoxy) is 2. The minimum Gasteiger partial charge on any atom is -0.474 e. The van der Waals surface area contributed by atoms with Crippen molar-refractivity contribution in [2.45, 2.75) is 44.4 Å². The van der Waals surface area contributed by atoms with Crippen molar-refractivity contribution in [2.24, 2.45) is 0 Å². The molecule has 1 saturated carbocycles. The number of nitrogens with zero attached hydrogens (tertiary/aromatic N) is 5. The van der Waals surface area contributed by atoms with E-state index in [1.165, 1.54) is 4.90 Å². The number of rotatable bonds is 7. The Kier molecular flexibility index (Phi) is 7.55. The molecule has 3 aromatic rings. The lowest BCUT2D eigenvalue weighted by Crippen LogP contribution is -2.40. The Morgan fingerprint density at radius 1 is 1.14 bits per heavy atom. The molecule has 3 aromatic heterocycles. The van der Waals surface area contributed by atoms with Crippen molar-refractivity contribution in [3.63, 3.8) is 0 Å². The van der Waals surface area contributed by atoms with E-state index in [9.17, 15) is 9.59 Å². The maximum atomic E-state index is 12.9. The van der Waals surface area contributed by atoms with Gasteiger partial charge in [-0.05, 0) is 49.9 Å². The Labute approximate surface area is 216 Å². The van der Waals surface area contributed by atoms with Gasteiger partial charge in [0.25, 0.3) is 5.91 Å². The van der Waals surface area contributed by atoms with E-state index in [-0.39, 0.29) is 30.5 Å². The van der Waals surface area contributed by atoms with Gasteiger partial charge in [-0.2, -0.15) is 4.98 Å². The summed E-state index contributed by atoms with van der Waals surface area (Å²) in [5, 5.41) is 4.05. The zero-order chi connectivity index (χ0) is 25.8. The van der Waals surface area contributed by atoms with Gasteiger partial charge in [-0.15, -0.1) is 0 Å². The zero-order valence-electron chi connectivity index (χ0n) is 21.4. The Hall–Kier alpha value is -3.66. The third-order valence-corrected chi connectivity index (χ3v) is 7.04. The Morgan fingerprint density at radius 3 is 2.68 bits per heavy atom. The number of hydrogen-bond acceptors (Lipinski definition) is 7. The molecule has 0 spiro atoms. The molecule has 1 aliphatic heterocycles. The van der Waals surface area contributed by atoms with Gasteiger partial charge in [0.1, 0.15) is 24.2 Å². The number of fused-ring (bicyclic) bond motifs is 1. The topological polar surface area (TPSA) is 102 Å². The highest BCUT2D eigenvalue weighted by Crippen LogP contribution is 2.31. The van der Waals surface area contributed by atoms with Crippen molar-refractivity contribution < 1.29 is 19.1 Å². The van der Waals surface area contributed by atoms with Crippen molar-refractivity contribution in [2.75, 3.05) is 45.3 Å². The molecule has 2 fully saturated rings. The summed E-state index contributed by atoms with van der Waals surface area (Å²) in [6.45, 7) is 3.10. The normalized spacial score (nSPS) is 20.0. The van der Waals surface area contributed by atoms with Crippen LogP contribution in [-0.2, 0) is 16.1 Å². The van der Waals surface area contributed by atoms with Gasteiger partial charge >= 0.3 is 0 Å². The summed E-state index contributed by atoms with van der Waals surface area (Å²) < 4.78 is 13.6. The molecule has 0 radical (unpaired) electrons. The average molecular weight is 507 g/mol. The van der Waals surface area contributed by atoms with Crippen molar-refractivity contribution in [3.8, 4) is 5.88 Å². The number of aromatic nitrogens is 3. The second-order valence-corrected chi connectivity index (χ2v) is 9.83. The molecule has 0 unspecified atom stereocenters. The third kappa shape index (κ3) is 5.85. The zero-order valence-corrected chi connectivity index (χ0v) is 21.4. The highest BCUT2D eigenvalue weighted by Gasteiger charge is 2.26. The van der Waals surface area contributed by atoms with Crippen LogP contribution in [0.3, 0.4) is 0 Å². The quantitative estimate of drug-likeness (QED) is 0.525. The lowest BCUT2D eigenvalue weighted by atomic mass is 9.93. The highest BCUT2D eigenvalue weighted by molar-refractivity contribution is 5.93. The molecular formula is C27H34N6O4. The SMILES string of the molecule is CN(C)C(=O)Cn1cccc1C(=O)N[C@H]1CC[C@@H](Oc2nc(N3CCOCC3)cc3ncccc23)CC1. The van der Waals surface area contributed by atoms with Crippen LogP contribution in [0.1, 0.15) is 36.2 Å². The van der Waals surface area contributed by atoms with Gasteiger partial charge < -0.3 is 29.2 Å². The first-order chi connectivity index (χ1) is 18.0. The van der Waals surface area contributed by atoms with E-state index in [1.54, 1.807) is 43.2 Å². The fraction of sp³-hybridized carbons (Fsp3) is 0.481. The van der Waals surface area contributed by atoms with E-state index >= 15 is 0 Å². The molecule has 2 aliphatic rings. The maximum absolute atomic E-state index is 12.9. The summed E-state index contributed by atoms with van der Waals surface area (Å²) in [6.07, 6.45) is 6.83. The molecule has 10 nitrogen and oxygen atoms in total. The largest absolute Gasteiger partial charge is 0.474 e. The first-order valence-electron chi connectivity index (χ1n) is 12.9. The number of amides is 2. The van der Waals surface area contributed by atoms with Crippen LogP contribution in [0.4, 0.5) is 5.82 Å². The van der Waals surface area contributed by atoms with E-state index in [0.717, 1.165) is 55.5 Å². The number of hydrogen-bond donors (Lipinski definition) is 1. The average Bonchev–Trinajstić information content (AvgIpc) is 3.38. The predicted octanol–water partition coefficient (Wildman–Crippen LogP) is 2.48. The van der Waals surface area contributed by atoms with Crippen molar-refractivity contribution in [1.29, 1.82) is 0 Å². The van der Waals surface area contributed by atoms with Gasteiger partial charge in [-0.3, -0.25) is 14.6 Å². The van der Waals surface area contributed by atoms with Crippen LogP contribution in [0.2, 0.25) is 0 Å². The van der Waals surface area contributed by atoms with E-state index in [0.29, 0.717) is 24.8 Å². The molecule has 5 rings (SSSR count). The summed E-state index contributed by atoms with van der Waals surface area (Å²) in [5.41, 5.74) is 1.36. The van der Waals surface area contributed by atoms with Crippen LogP contribution in [0, 0.1) is 0 Å². The first kappa shape index (κ1) is 25.0. The lowest BCUT2D eigenvalue weighted by molar-refractivity contribution is -0.129. The van der Waals surface area contributed by atoms with E-state index in [1.807, 2.05) is 18.2 Å². The predicted molar refractivity (Wildman–Crippen MR) is 140 cm³/mol. The molecule has 1 aliphatic carbocycles. The molecule has 0 aromatic carbocycles. The van der Waals surface area contributed by atoms with Crippen molar-refractivity contribution in [1.82, 2.24) is 24.8 Å². The van der Waals surface area contributed by atoms with Gasteiger partial charge in [0, 0.05) is 51.7 Å². The van der Waals surface area contributed by atoms with E-state index in [4.69, 9.17) is 14.5 Å². The number of pyridine rings is 2. The van der Waals surface area contributed by atoms with Crippen LogP contribution in [-0.4, -0.2) is 83.8 Å². The number of nitrogens with one attached hydrogen (secondary N) is 1. The van der Waals surface area contributed by atoms with Gasteiger partial charge in [0.2, 0.25) is 11.8 Å². The van der Waals surface area contributed by atoms with Crippen molar-refractivity contribution >= 4 is 28.5 Å².